The minimum absolute atomic E-state index is 0.386. The van der Waals surface area contributed by atoms with Crippen LogP contribution >= 0.6 is 0 Å². The molecule has 0 saturated carbocycles. The molecule has 0 bridgehead atoms. The van der Waals surface area contributed by atoms with Crippen molar-refractivity contribution in [1.82, 2.24) is 5.32 Å². The monoisotopic (exact) mass is 277 g/mol. The highest BCUT2D eigenvalue weighted by Gasteiger charge is 2.21. The second-order valence-corrected chi connectivity index (χ2v) is 5.67. The van der Waals surface area contributed by atoms with E-state index in [4.69, 9.17) is 4.74 Å². The van der Waals surface area contributed by atoms with Gasteiger partial charge in [-0.2, -0.15) is 0 Å². The van der Waals surface area contributed by atoms with E-state index in [1.807, 2.05) is 6.92 Å². The predicted molar refractivity (Wildman–Crippen MR) is 87.5 cm³/mol. The van der Waals surface area contributed by atoms with Crippen LogP contribution in [0.5, 0.6) is 5.75 Å². The molecule has 2 atom stereocenters. The normalized spacial score (nSPS) is 14.1. The van der Waals surface area contributed by atoms with E-state index >= 15 is 0 Å². The summed E-state index contributed by atoms with van der Waals surface area (Å²) in [7, 11) is 0. The van der Waals surface area contributed by atoms with Gasteiger partial charge in [-0.15, -0.1) is 0 Å². The zero-order chi connectivity index (χ0) is 15.0. The molecular weight excluding hydrogens is 246 g/mol. The first-order valence-corrected chi connectivity index (χ1v) is 8.10. The molecule has 0 spiro atoms. The molecule has 1 aromatic carbocycles. The van der Waals surface area contributed by atoms with Crippen LogP contribution in [0.4, 0.5) is 0 Å². The molecule has 114 valence electrons. The molecule has 1 rings (SSSR count). The van der Waals surface area contributed by atoms with Crippen molar-refractivity contribution in [2.24, 2.45) is 5.92 Å². The lowest BCUT2D eigenvalue weighted by atomic mass is 9.89. The Bertz CT molecular complexity index is 389. The molecule has 2 nitrogen and oxygen atoms in total. The van der Waals surface area contributed by atoms with E-state index in [1.54, 1.807) is 0 Å². The van der Waals surface area contributed by atoms with Gasteiger partial charge in [-0.1, -0.05) is 44.9 Å². The van der Waals surface area contributed by atoms with Crippen molar-refractivity contribution in [3.63, 3.8) is 0 Å². The number of benzene rings is 1. The summed E-state index contributed by atoms with van der Waals surface area (Å²) in [5.41, 5.74) is 2.62. The molecule has 2 heteroatoms. The molecule has 0 saturated heterocycles. The Hall–Kier alpha value is -1.02. The largest absolute Gasteiger partial charge is 0.494 e. The third kappa shape index (κ3) is 4.82. The molecule has 0 fully saturated rings. The highest BCUT2D eigenvalue weighted by atomic mass is 16.5. The van der Waals surface area contributed by atoms with E-state index in [2.05, 4.69) is 51.2 Å². The van der Waals surface area contributed by atoms with Crippen molar-refractivity contribution < 1.29 is 4.74 Å². The van der Waals surface area contributed by atoms with Gasteiger partial charge in [-0.25, -0.2) is 0 Å². The highest BCUT2D eigenvalue weighted by Crippen LogP contribution is 2.33. The summed E-state index contributed by atoms with van der Waals surface area (Å²) in [4.78, 5) is 0. The number of hydrogen-bond acceptors (Lipinski definition) is 2. The van der Waals surface area contributed by atoms with Crippen LogP contribution in [0.3, 0.4) is 0 Å². The summed E-state index contributed by atoms with van der Waals surface area (Å²) in [6, 6.07) is 6.92. The fourth-order valence-corrected chi connectivity index (χ4v) is 2.74. The molecule has 0 aromatic heterocycles. The van der Waals surface area contributed by atoms with Crippen LogP contribution < -0.4 is 10.1 Å². The van der Waals surface area contributed by atoms with E-state index in [9.17, 15) is 0 Å². The van der Waals surface area contributed by atoms with Crippen molar-refractivity contribution in [3.05, 3.63) is 29.3 Å². The molecule has 2 unspecified atom stereocenters. The van der Waals surface area contributed by atoms with Gasteiger partial charge in [0.2, 0.25) is 0 Å². The summed E-state index contributed by atoms with van der Waals surface area (Å²) in [6.07, 6.45) is 3.62. The predicted octanol–water partition coefficient (Wildman–Crippen LogP) is 4.87. The zero-order valence-electron chi connectivity index (χ0n) is 13.8. The van der Waals surface area contributed by atoms with Gasteiger partial charge < -0.3 is 10.1 Å². The van der Waals surface area contributed by atoms with Crippen LogP contribution in [0, 0.1) is 12.8 Å². The van der Waals surface area contributed by atoms with Gasteiger partial charge in [-0.3, -0.25) is 0 Å². The van der Waals surface area contributed by atoms with Crippen LogP contribution in [0.25, 0.3) is 0 Å². The maximum absolute atomic E-state index is 5.84. The summed E-state index contributed by atoms with van der Waals surface area (Å²) in [5, 5.41) is 3.72. The number of nitrogens with one attached hydrogen (secondary N) is 1. The van der Waals surface area contributed by atoms with Gasteiger partial charge in [0.1, 0.15) is 5.75 Å². The first-order valence-electron chi connectivity index (χ1n) is 8.10. The van der Waals surface area contributed by atoms with E-state index in [1.165, 1.54) is 24.0 Å². The summed E-state index contributed by atoms with van der Waals surface area (Å²) in [6.45, 7) is 12.8. The van der Waals surface area contributed by atoms with Crippen molar-refractivity contribution in [2.75, 3.05) is 13.2 Å². The standard InChI is InChI=1S/C18H31NO/c1-6-9-15(5)18(19-12-7-2)16-13-14(4)10-11-17(16)20-8-3/h10-11,13,15,18-19H,6-9,12H2,1-5H3. The summed E-state index contributed by atoms with van der Waals surface area (Å²) in [5.74, 6) is 1.65. The first kappa shape index (κ1) is 17.0. The zero-order valence-corrected chi connectivity index (χ0v) is 13.8. The Kier molecular flexibility index (Phi) is 7.68. The Morgan fingerprint density at radius 2 is 1.90 bits per heavy atom. The second-order valence-electron chi connectivity index (χ2n) is 5.67. The minimum atomic E-state index is 0.386. The third-order valence-electron chi connectivity index (χ3n) is 3.73. The third-order valence-corrected chi connectivity index (χ3v) is 3.73. The lowest BCUT2D eigenvalue weighted by Gasteiger charge is -2.27. The molecule has 0 aliphatic carbocycles. The number of rotatable bonds is 9. The van der Waals surface area contributed by atoms with Gasteiger partial charge in [0, 0.05) is 11.6 Å². The Morgan fingerprint density at radius 1 is 1.15 bits per heavy atom. The molecular formula is C18H31NO. The van der Waals surface area contributed by atoms with Gasteiger partial charge in [0.15, 0.2) is 0 Å². The highest BCUT2D eigenvalue weighted by molar-refractivity contribution is 5.39. The first-order chi connectivity index (χ1) is 9.63. The van der Waals surface area contributed by atoms with Gasteiger partial charge in [0.25, 0.3) is 0 Å². The van der Waals surface area contributed by atoms with Crippen LogP contribution in [-0.4, -0.2) is 13.2 Å². The summed E-state index contributed by atoms with van der Waals surface area (Å²) < 4.78 is 5.84. The van der Waals surface area contributed by atoms with E-state index in [0.29, 0.717) is 12.0 Å². The molecule has 0 radical (unpaired) electrons. The maximum Gasteiger partial charge on any atom is 0.124 e. The molecule has 0 heterocycles. The van der Waals surface area contributed by atoms with Crippen LogP contribution in [0.1, 0.15) is 64.1 Å². The summed E-state index contributed by atoms with van der Waals surface area (Å²) >= 11 is 0. The van der Waals surface area contributed by atoms with E-state index in [0.717, 1.165) is 25.3 Å². The average molecular weight is 277 g/mol. The molecule has 1 N–H and O–H groups in total. The van der Waals surface area contributed by atoms with Crippen molar-refractivity contribution >= 4 is 0 Å². The molecule has 0 amide bonds. The van der Waals surface area contributed by atoms with Crippen molar-refractivity contribution in [3.8, 4) is 5.75 Å². The maximum atomic E-state index is 5.84. The van der Waals surface area contributed by atoms with E-state index < -0.39 is 0 Å². The number of hydrogen-bond donors (Lipinski definition) is 1. The van der Waals surface area contributed by atoms with Gasteiger partial charge >= 0.3 is 0 Å². The number of ether oxygens (including phenoxy) is 1. The lowest BCUT2D eigenvalue weighted by Crippen LogP contribution is -2.28. The quantitative estimate of drug-likeness (QED) is 0.695. The van der Waals surface area contributed by atoms with Crippen LogP contribution in [-0.2, 0) is 0 Å². The lowest BCUT2D eigenvalue weighted by molar-refractivity contribution is 0.312. The fourth-order valence-electron chi connectivity index (χ4n) is 2.74. The minimum Gasteiger partial charge on any atom is -0.494 e. The molecule has 20 heavy (non-hydrogen) atoms. The number of aryl methyl sites for hydroxylation is 1. The van der Waals surface area contributed by atoms with Crippen molar-refractivity contribution in [1.29, 1.82) is 0 Å². The Balaban J connectivity index is 3.06. The van der Waals surface area contributed by atoms with Crippen LogP contribution in [0.2, 0.25) is 0 Å². The van der Waals surface area contributed by atoms with Crippen molar-refractivity contribution in [2.45, 2.75) is 59.9 Å². The van der Waals surface area contributed by atoms with Gasteiger partial charge in [-0.05, 0) is 45.2 Å². The smallest absolute Gasteiger partial charge is 0.124 e. The molecule has 0 aliphatic heterocycles. The molecule has 0 aliphatic rings. The Labute approximate surface area is 124 Å². The second kappa shape index (κ2) is 9.02. The Morgan fingerprint density at radius 3 is 2.50 bits per heavy atom. The van der Waals surface area contributed by atoms with Gasteiger partial charge in [0.05, 0.1) is 6.61 Å². The average Bonchev–Trinajstić information content (AvgIpc) is 2.42. The van der Waals surface area contributed by atoms with E-state index in [-0.39, 0.29) is 0 Å². The van der Waals surface area contributed by atoms with Crippen LogP contribution in [0.15, 0.2) is 18.2 Å². The topological polar surface area (TPSA) is 21.3 Å². The molecule has 1 aromatic rings. The SMILES string of the molecule is CCCNC(c1cc(C)ccc1OCC)C(C)CCC. The fraction of sp³-hybridized carbons (Fsp3) is 0.667.